The number of aromatic nitrogens is 5. The SMILES string of the molecule is COC(=O)c1cc(C)nc(NCc2cccc3ncnn23)n1.O=CO. The van der Waals surface area contributed by atoms with Gasteiger partial charge in [0.2, 0.25) is 5.95 Å². The standard InChI is InChI=1S/C14H14N6O2.CH2O2/c1-9-6-11(13(21)22-2)19-14(18-9)15-7-10-4-3-5-12-16-8-17-20(10)12;2-1-3/h3-6,8H,7H2,1-2H3,(H,15,18,19);1H,(H,2,3). The molecule has 0 fully saturated rings. The van der Waals surface area contributed by atoms with E-state index in [-0.39, 0.29) is 12.2 Å². The Balaban J connectivity index is 0.000000701. The first kappa shape index (κ1) is 17.8. The summed E-state index contributed by atoms with van der Waals surface area (Å²) >= 11 is 0. The number of anilines is 1. The highest BCUT2D eigenvalue weighted by Gasteiger charge is 2.11. The van der Waals surface area contributed by atoms with Gasteiger partial charge in [-0.25, -0.2) is 24.3 Å². The summed E-state index contributed by atoms with van der Waals surface area (Å²) in [7, 11) is 1.32. The van der Waals surface area contributed by atoms with E-state index in [1.807, 2.05) is 18.2 Å². The first-order valence-electron chi connectivity index (χ1n) is 7.12. The van der Waals surface area contributed by atoms with E-state index in [0.29, 0.717) is 18.2 Å². The van der Waals surface area contributed by atoms with E-state index >= 15 is 0 Å². The number of nitrogens with one attached hydrogen (secondary N) is 1. The van der Waals surface area contributed by atoms with Crippen molar-refractivity contribution in [1.29, 1.82) is 0 Å². The Hall–Kier alpha value is -3.56. The number of pyridine rings is 1. The second kappa shape index (κ2) is 8.34. The maximum Gasteiger partial charge on any atom is 0.356 e. The topological polar surface area (TPSA) is 132 Å². The Bertz CT molecular complexity index is 879. The Kier molecular flexibility index (Phi) is 5.93. The van der Waals surface area contributed by atoms with Crippen LogP contribution >= 0.6 is 0 Å². The lowest BCUT2D eigenvalue weighted by Gasteiger charge is -2.08. The van der Waals surface area contributed by atoms with Gasteiger partial charge in [0.1, 0.15) is 6.33 Å². The van der Waals surface area contributed by atoms with Crippen LogP contribution in [0, 0.1) is 6.92 Å². The number of carbonyl (C=O) groups excluding carboxylic acids is 1. The highest BCUT2D eigenvalue weighted by Crippen LogP contribution is 2.09. The summed E-state index contributed by atoms with van der Waals surface area (Å²) < 4.78 is 6.40. The third-order valence-electron chi connectivity index (χ3n) is 3.06. The molecule has 0 aromatic carbocycles. The highest BCUT2D eigenvalue weighted by molar-refractivity contribution is 5.87. The molecule has 3 rings (SSSR count). The Morgan fingerprint density at radius 3 is 2.88 bits per heavy atom. The number of hydrogen-bond donors (Lipinski definition) is 2. The number of ether oxygens (including phenoxy) is 1. The first-order chi connectivity index (χ1) is 12.1. The third-order valence-corrected chi connectivity index (χ3v) is 3.06. The van der Waals surface area contributed by atoms with Crippen molar-refractivity contribution in [3.8, 4) is 0 Å². The Morgan fingerprint density at radius 2 is 2.16 bits per heavy atom. The molecule has 130 valence electrons. The van der Waals surface area contributed by atoms with Gasteiger partial charge in [0.05, 0.1) is 19.3 Å². The maximum atomic E-state index is 11.6. The minimum absolute atomic E-state index is 0.219. The zero-order valence-electron chi connectivity index (χ0n) is 13.6. The van der Waals surface area contributed by atoms with Crippen LogP contribution in [-0.2, 0) is 16.1 Å². The van der Waals surface area contributed by atoms with Crippen molar-refractivity contribution in [3.05, 3.63) is 47.7 Å². The summed E-state index contributed by atoms with van der Waals surface area (Å²) in [6.07, 6.45) is 1.50. The van der Waals surface area contributed by atoms with E-state index in [9.17, 15) is 4.79 Å². The smallest absolute Gasteiger partial charge is 0.356 e. The largest absolute Gasteiger partial charge is 0.483 e. The van der Waals surface area contributed by atoms with Gasteiger partial charge in [-0.2, -0.15) is 5.10 Å². The lowest BCUT2D eigenvalue weighted by molar-refractivity contribution is -0.122. The lowest BCUT2D eigenvalue weighted by atomic mass is 10.3. The zero-order valence-corrected chi connectivity index (χ0v) is 13.6. The molecule has 3 aromatic rings. The summed E-state index contributed by atoms with van der Waals surface area (Å²) in [5.74, 6) is -0.135. The predicted octanol–water partition coefficient (Wildman–Crippen LogP) is 0.927. The van der Waals surface area contributed by atoms with Crippen molar-refractivity contribution in [3.63, 3.8) is 0 Å². The highest BCUT2D eigenvalue weighted by atomic mass is 16.5. The summed E-state index contributed by atoms with van der Waals surface area (Å²) in [6, 6.07) is 7.27. The van der Waals surface area contributed by atoms with Crippen LogP contribution in [0.15, 0.2) is 30.6 Å². The van der Waals surface area contributed by atoms with Gasteiger partial charge >= 0.3 is 5.97 Å². The van der Waals surface area contributed by atoms with Gasteiger partial charge < -0.3 is 15.2 Å². The van der Waals surface area contributed by atoms with E-state index < -0.39 is 5.97 Å². The van der Waals surface area contributed by atoms with E-state index in [2.05, 4.69) is 30.1 Å². The van der Waals surface area contributed by atoms with Crippen LogP contribution in [0.4, 0.5) is 5.95 Å². The molecule has 0 saturated heterocycles. The van der Waals surface area contributed by atoms with Crippen molar-refractivity contribution in [2.24, 2.45) is 0 Å². The van der Waals surface area contributed by atoms with E-state index in [1.165, 1.54) is 13.4 Å². The van der Waals surface area contributed by atoms with Crippen LogP contribution < -0.4 is 5.32 Å². The maximum absolute atomic E-state index is 11.6. The van der Waals surface area contributed by atoms with Crippen molar-refractivity contribution in [2.75, 3.05) is 12.4 Å². The molecule has 3 heterocycles. The van der Waals surface area contributed by atoms with Crippen molar-refractivity contribution >= 4 is 24.0 Å². The van der Waals surface area contributed by atoms with Crippen molar-refractivity contribution in [1.82, 2.24) is 24.6 Å². The van der Waals surface area contributed by atoms with Gasteiger partial charge in [-0.15, -0.1) is 0 Å². The quantitative estimate of drug-likeness (QED) is 0.524. The molecule has 3 aromatic heterocycles. The van der Waals surface area contributed by atoms with E-state index in [1.54, 1.807) is 17.5 Å². The third kappa shape index (κ3) is 4.47. The second-order valence-corrected chi connectivity index (χ2v) is 4.72. The van der Waals surface area contributed by atoms with Gasteiger partial charge in [-0.05, 0) is 25.1 Å². The number of fused-ring (bicyclic) bond motifs is 1. The predicted molar refractivity (Wildman–Crippen MR) is 87.1 cm³/mol. The fourth-order valence-corrected chi connectivity index (χ4v) is 2.06. The van der Waals surface area contributed by atoms with Crippen molar-refractivity contribution < 1.29 is 19.4 Å². The van der Waals surface area contributed by atoms with Crippen LogP contribution in [0.25, 0.3) is 5.65 Å². The number of carbonyl (C=O) groups is 2. The molecule has 0 radical (unpaired) electrons. The molecule has 0 aliphatic carbocycles. The number of carboxylic acid groups (broad SMARTS) is 1. The minimum atomic E-state index is -0.494. The molecule has 0 spiro atoms. The summed E-state index contributed by atoms with van der Waals surface area (Å²) in [4.78, 5) is 32.5. The molecular formula is C15H16N6O4. The average Bonchev–Trinajstić information content (AvgIpc) is 3.08. The van der Waals surface area contributed by atoms with Crippen LogP contribution in [-0.4, -0.2) is 49.2 Å². The van der Waals surface area contributed by atoms with Gasteiger partial charge in [0.25, 0.3) is 6.47 Å². The summed E-state index contributed by atoms with van der Waals surface area (Å²) in [5, 5.41) is 14.1. The monoisotopic (exact) mass is 344 g/mol. The van der Waals surface area contributed by atoms with Crippen LogP contribution in [0.5, 0.6) is 0 Å². The van der Waals surface area contributed by atoms with Crippen LogP contribution in [0.1, 0.15) is 21.9 Å². The zero-order chi connectivity index (χ0) is 18.2. The molecule has 0 aliphatic rings. The Labute approximate surface area is 142 Å². The molecule has 0 amide bonds. The van der Waals surface area contributed by atoms with E-state index in [4.69, 9.17) is 9.90 Å². The summed E-state index contributed by atoms with van der Waals surface area (Å²) in [6.45, 7) is 1.99. The fourth-order valence-electron chi connectivity index (χ4n) is 2.06. The number of esters is 1. The van der Waals surface area contributed by atoms with E-state index in [0.717, 1.165) is 11.3 Å². The number of nitrogens with zero attached hydrogens (tertiary/aromatic N) is 5. The molecule has 10 heteroatoms. The molecule has 0 unspecified atom stereocenters. The molecule has 2 N–H and O–H groups in total. The molecule has 10 nitrogen and oxygen atoms in total. The van der Waals surface area contributed by atoms with Gasteiger partial charge in [-0.1, -0.05) is 6.07 Å². The van der Waals surface area contributed by atoms with Crippen molar-refractivity contribution in [2.45, 2.75) is 13.5 Å². The number of methoxy groups -OCH3 is 1. The molecule has 0 atom stereocenters. The van der Waals surface area contributed by atoms with Gasteiger partial charge in [0, 0.05) is 5.69 Å². The second-order valence-electron chi connectivity index (χ2n) is 4.72. The first-order valence-corrected chi connectivity index (χ1v) is 7.12. The lowest BCUT2D eigenvalue weighted by Crippen LogP contribution is -2.12. The number of rotatable bonds is 4. The number of aryl methyl sites for hydroxylation is 1. The molecular weight excluding hydrogens is 328 g/mol. The number of hydrogen-bond acceptors (Lipinski definition) is 8. The van der Waals surface area contributed by atoms with Crippen LogP contribution in [0.2, 0.25) is 0 Å². The molecule has 0 aliphatic heterocycles. The average molecular weight is 344 g/mol. The Morgan fingerprint density at radius 1 is 1.40 bits per heavy atom. The van der Waals surface area contributed by atoms with Gasteiger partial charge in [0.15, 0.2) is 11.3 Å². The molecule has 0 bridgehead atoms. The summed E-state index contributed by atoms with van der Waals surface area (Å²) in [5.41, 5.74) is 2.56. The molecule has 0 saturated carbocycles. The normalized spacial score (nSPS) is 9.84. The van der Waals surface area contributed by atoms with Gasteiger partial charge in [-0.3, -0.25) is 4.79 Å². The minimum Gasteiger partial charge on any atom is -0.483 e. The fraction of sp³-hybridized carbons (Fsp3) is 0.200. The molecule has 25 heavy (non-hydrogen) atoms. The van der Waals surface area contributed by atoms with Crippen LogP contribution in [0.3, 0.4) is 0 Å².